The molecule has 2 aliphatic rings. The molecule has 0 bridgehead atoms. The van der Waals surface area contributed by atoms with Crippen molar-refractivity contribution in [2.45, 2.75) is 12.5 Å². The zero-order valence-electron chi connectivity index (χ0n) is 12.0. The van der Waals surface area contributed by atoms with Gasteiger partial charge < -0.3 is 24.2 Å². The van der Waals surface area contributed by atoms with E-state index in [9.17, 15) is 14.7 Å². The third-order valence-corrected chi connectivity index (χ3v) is 3.70. The van der Waals surface area contributed by atoms with Gasteiger partial charge in [-0.2, -0.15) is 0 Å². The maximum atomic E-state index is 12.4. The summed E-state index contributed by atoms with van der Waals surface area (Å²) in [5, 5.41) is 9.17. The molecule has 2 heterocycles. The molecule has 0 spiro atoms. The number of carbonyl (C=O) groups is 2. The molecule has 0 unspecified atom stereocenters. The van der Waals surface area contributed by atoms with Crippen LogP contribution in [0, 0.1) is 0 Å². The fourth-order valence-corrected chi connectivity index (χ4v) is 2.58. The number of carbonyl (C=O) groups excluding carboxylic acids is 1. The number of carboxylic acid groups (broad SMARTS) is 1. The second-order valence-electron chi connectivity index (χ2n) is 5.17. The van der Waals surface area contributed by atoms with E-state index >= 15 is 0 Å². The number of rotatable bonds is 3. The van der Waals surface area contributed by atoms with Crippen molar-refractivity contribution in [3.05, 3.63) is 23.8 Å². The van der Waals surface area contributed by atoms with Crippen LogP contribution in [0.1, 0.15) is 5.56 Å². The molecule has 0 radical (unpaired) electrons. The number of carboxylic acids is 1. The molecule has 1 amide bonds. The van der Waals surface area contributed by atoms with Crippen LogP contribution in [0.5, 0.6) is 11.5 Å². The SMILES string of the molecule is O=C(O)[C@H]1COCCN1C(=O)Cc1ccc2c(c1)OCCO2. The molecule has 0 aliphatic carbocycles. The van der Waals surface area contributed by atoms with Crippen molar-refractivity contribution in [2.24, 2.45) is 0 Å². The molecule has 22 heavy (non-hydrogen) atoms. The van der Waals surface area contributed by atoms with E-state index in [4.69, 9.17) is 14.2 Å². The molecule has 0 saturated carbocycles. The van der Waals surface area contributed by atoms with Gasteiger partial charge in [0.2, 0.25) is 5.91 Å². The predicted octanol–water partition coefficient (Wildman–Crippen LogP) is 0.312. The van der Waals surface area contributed by atoms with Crippen LogP contribution >= 0.6 is 0 Å². The van der Waals surface area contributed by atoms with Crippen molar-refractivity contribution in [3.63, 3.8) is 0 Å². The Hall–Kier alpha value is -2.28. The van der Waals surface area contributed by atoms with E-state index in [0.29, 0.717) is 37.9 Å². The van der Waals surface area contributed by atoms with Crippen molar-refractivity contribution in [2.75, 3.05) is 33.0 Å². The highest BCUT2D eigenvalue weighted by molar-refractivity contribution is 5.85. The van der Waals surface area contributed by atoms with E-state index in [-0.39, 0.29) is 18.9 Å². The number of hydrogen-bond acceptors (Lipinski definition) is 5. The topological polar surface area (TPSA) is 85.3 Å². The van der Waals surface area contributed by atoms with Gasteiger partial charge in [-0.05, 0) is 17.7 Å². The van der Waals surface area contributed by atoms with Gasteiger partial charge in [-0.3, -0.25) is 4.79 Å². The number of fused-ring (bicyclic) bond motifs is 1. The summed E-state index contributed by atoms with van der Waals surface area (Å²) >= 11 is 0. The quantitative estimate of drug-likeness (QED) is 0.865. The Kier molecular flexibility index (Phi) is 4.15. The molecule has 1 aromatic rings. The Morgan fingerprint density at radius 2 is 1.95 bits per heavy atom. The Bertz CT molecular complexity index is 587. The summed E-state index contributed by atoms with van der Waals surface area (Å²) in [7, 11) is 0. The number of amides is 1. The first-order chi connectivity index (χ1) is 10.6. The van der Waals surface area contributed by atoms with Gasteiger partial charge in [0.1, 0.15) is 13.2 Å². The summed E-state index contributed by atoms with van der Waals surface area (Å²) in [6.45, 7) is 1.67. The Morgan fingerprint density at radius 1 is 1.18 bits per heavy atom. The van der Waals surface area contributed by atoms with Crippen molar-refractivity contribution < 1.29 is 28.9 Å². The Morgan fingerprint density at radius 3 is 2.73 bits per heavy atom. The molecule has 118 valence electrons. The maximum absolute atomic E-state index is 12.4. The average Bonchev–Trinajstić information content (AvgIpc) is 2.54. The predicted molar refractivity (Wildman–Crippen MR) is 75.1 cm³/mol. The van der Waals surface area contributed by atoms with Crippen LogP contribution in [0.3, 0.4) is 0 Å². The monoisotopic (exact) mass is 307 g/mol. The normalized spacial score (nSPS) is 20.5. The lowest BCUT2D eigenvalue weighted by Gasteiger charge is -2.33. The van der Waals surface area contributed by atoms with Crippen molar-refractivity contribution in [3.8, 4) is 11.5 Å². The number of benzene rings is 1. The number of nitrogens with zero attached hydrogens (tertiary/aromatic N) is 1. The molecule has 7 nitrogen and oxygen atoms in total. The second kappa shape index (κ2) is 6.23. The second-order valence-corrected chi connectivity index (χ2v) is 5.17. The first-order valence-corrected chi connectivity index (χ1v) is 7.13. The number of morpholine rings is 1. The highest BCUT2D eigenvalue weighted by atomic mass is 16.6. The highest BCUT2D eigenvalue weighted by Gasteiger charge is 2.32. The van der Waals surface area contributed by atoms with Crippen LogP contribution in [-0.2, 0) is 20.7 Å². The van der Waals surface area contributed by atoms with E-state index in [0.717, 1.165) is 5.56 Å². The summed E-state index contributed by atoms with van der Waals surface area (Å²) in [5.74, 6) is 0.00754. The van der Waals surface area contributed by atoms with Gasteiger partial charge in [0.05, 0.1) is 19.6 Å². The van der Waals surface area contributed by atoms with E-state index in [1.165, 1.54) is 4.90 Å². The maximum Gasteiger partial charge on any atom is 0.328 e. The molecule has 1 saturated heterocycles. The third-order valence-electron chi connectivity index (χ3n) is 3.70. The zero-order valence-corrected chi connectivity index (χ0v) is 12.0. The fraction of sp³-hybridized carbons (Fsp3) is 0.467. The minimum atomic E-state index is -1.05. The molecule has 1 N–H and O–H groups in total. The summed E-state index contributed by atoms with van der Waals surface area (Å²) < 4.78 is 16.1. The molecule has 7 heteroatoms. The van der Waals surface area contributed by atoms with Crippen LogP contribution in [0.4, 0.5) is 0 Å². The molecule has 1 atom stereocenters. The number of hydrogen-bond donors (Lipinski definition) is 1. The smallest absolute Gasteiger partial charge is 0.328 e. The van der Waals surface area contributed by atoms with Gasteiger partial charge >= 0.3 is 5.97 Å². The van der Waals surface area contributed by atoms with E-state index < -0.39 is 12.0 Å². The lowest BCUT2D eigenvalue weighted by Crippen LogP contribution is -2.53. The van der Waals surface area contributed by atoms with Gasteiger partial charge in [0.15, 0.2) is 17.5 Å². The standard InChI is InChI=1S/C15H17NO6/c17-14(16-3-4-20-9-11(16)15(18)19)8-10-1-2-12-13(7-10)22-6-5-21-12/h1-2,7,11H,3-6,8-9H2,(H,18,19)/t11-/m1/s1. The Balaban J connectivity index is 1.71. The van der Waals surface area contributed by atoms with Crippen LogP contribution in [0.25, 0.3) is 0 Å². The largest absolute Gasteiger partial charge is 0.486 e. The number of ether oxygens (including phenoxy) is 3. The lowest BCUT2D eigenvalue weighted by atomic mass is 10.1. The molecular weight excluding hydrogens is 290 g/mol. The van der Waals surface area contributed by atoms with E-state index in [1.807, 2.05) is 0 Å². The van der Waals surface area contributed by atoms with Crippen molar-refractivity contribution in [1.82, 2.24) is 4.90 Å². The summed E-state index contributed by atoms with van der Waals surface area (Å²) in [5.41, 5.74) is 0.768. The molecule has 0 aromatic heterocycles. The summed E-state index contributed by atoms with van der Waals surface area (Å²) in [4.78, 5) is 25.0. The third kappa shape index (κ3) is 2.99. The first kappa shape index (κ1) is 14.6. The van der Waals surface area contributed by atoms with E-state index in [2.05, 4.69) is 0 Å². The van der Waals surface area contributed by atoms with Crippen LogP contribution in [0.15, 0.2) is 18.2 Å². The van der Waals surface area contributed by atoms with Gasteiger partial charge in [-0.25, -0.2) is 4.79 Å². The average molecular weight is 307 g/mol. The van der Waals surface area contributed by atoms with E-state index in [1.54, 1.807) is 18.2 Å². The molecular formula is C15H17NO6. The number of aliphatic carboxylic acids is 1. The van der Waals surface area contributed by atoms with Gasteiger partial charge in [-0.1, -0.05) is 6.07 Å². The van der Waals surface area contributed by atoms with Gasteiger partial charge in [-0.15, -0.1) is 0 Å². The minimum absolute atomic E-state index is 0.0300. The minimum Gasteiger partial charge on any atom is -0.486 e. The van der Waals surface area contributed by atoms with Crippen LogP contribution < -0.4 is 9.47 Å². The van der Waals surface area contributed by atoms with Crippen LogP contribution in [-0.4, -0.2) is 60.9 Å². The van der Waals surface area contributed by atoms with Gasteiger partial charge in [0.25, 0.3) is 0 Å². The Labute approximate surface area is 127 Å². The zero-order chi connectivity index (χ0) is 15.5. The van der Waals surface area contributed by atoms with Crippen molar-refractivity contribution in [1.29, 1.82) is 0 Å². The fourth-order valence-electron chi connectivity index (χ4n) is 2.58. The molecule has 1 fully saturated rings. The molecule has 2 aliphatic heterocycles. The lowest BCUT2D eigenvalue weighted by molar-refractivity contribution is -0.158. The van der Waals surface area contributed by atoms with Crippen molar-refractivity contribution >= 4 is 11.9 Å². The first-order valence-electron chi connectivity index (χ1n) is 7.13. The highest BCUT2D eigenvalue weighted by Crippen LogP contribution is 2.31. The summed E-state index contributed by atoms with van der Waals surface area (Å²) in [6.07, 6.45) is 0.125. The molecule has 1 aromatic carbocycles. The summed E-state index contributed by atoms with van der Waals surface area (Å²) in [6, 6.07) is 4.41. The van der Waals surface area contributed by atoms with Crippen LogP contribution in [0.2, 0.25) is 0 Å². The molecule has 3 rings (SSSR count). The van der Waals surface area contributed by atoms with Gasteiger partial charge in [0, 0.05) is 6.54 Å².